The van der Waals surface area contributed by atoms with Gasteiger partial charge in [-0.2, -0.15) is 0 Å². The molecule has 1 aromatic carbocycles. The second-order valence-electron chi connectivity index (χ2n) is 5.51. The lowest BCUT2D eigenvalue weighted by Crippen LogP contribution is -2.40. The van der Waals surface area contributed by atoms with Crippen molar-refractivity contribution in [2.24, 2.45) is 11.7 Å². The summed E-state index contributed by atoms with van der Waals surface area (Å²) < 4.78 is 0. The lowest BCUT2D eigenvalue weighted by atomic mass is 9.99. The fourth-order valence-corrected chi connectivity index (χ4v) is 2.58. The van der Waals surface area contributed by atoms with E-state index in [1.165, 1.54) is 12.8 Å². The first-order chi connectivity index (χ1) is 9.67. The number of rotatable bonds is 4. The van der Waals surface area contributed by atoms with Crippen molar-refractivity contribution in [1.29, 1.82) is 0 Å². The van der Waals surface area contributed by atoms with Gasteiger partial charge >= 0.3 is 6.03 Å². The van der Waals surface area contributed by atoms with Crippen LogP contribution >= 0.6 is 0 Å². The zero-order chi connectivity index (χ0) is 14.4. The molecule has 1 aliphatic rings. The Morgan fingerprint density at radius 1 is 1.40 bits per heavy atom. The van der Waals surface area contributed by atoms with E-state index in [0.29, 0.717) is 12.5 Å². The van der Waals surface area contributed by atoms with Crippen molar-refractivity contribution in [2.75, 3.05) is 32.0 Å². The number of piperidine rings is 1. The van der Waals surface area contributed by atoms with Crippen molar-refractivity contribution in [1.82, 2.24) is 10.2 Å². The molecule has 1 unspecified atom stereocenters. The normalized spacial score (nSPS) is 19.6. The van der Waals surface area contributed by atoms with Crippen molar-refractivity contribution in [3.63, 3.8) is 0 Å². The number of hydrogen-bond donors (Lipinski definition) is 3. The Balaban J connectivity index is 1.74. The van der Waals surface area contributed by atoms with Crippen molar-refractivity contribution in [2.45, 2.75) is 19.4 Å². The Morgan fingerprint density at radius 2 is 2.15 bits per heavy atom. The minimum Gasteiger partial charge on any atom is -0.338 e. The highest BCUT2D eigenvalue weighted by Gasteiger charge is 2.17. The molecule has 1 atom stereocenters. The van der Waals surface area contributed by atoms with Crippen LogP contribution in [-0.2, 0) is 6.54 Å². The molecule has 1 aliphatic heterocycles. The van der Waals surface area contributed by atoms with E-state index in [1.807, 2.05) is 24.3 Å². The largest absolute Gasteiger partial charge is 0.338 e. The Labute approximate surface area is 120 Å². The number of amides is 2. The molecule has 110 valence electrons. The SMILES string of the molecule is CN1CCCC(CNC(=O)Nc2ccc(CN)cc2)C1. The van der Waals surface area contributed by atoms with Crippen molar-refractivity contribution < 1.29 is 4.79 Å². The van der Waals surface area contributed by atoms with Crippen LogP contribution in [-0.4, -0.2) is 37.6 Å². The molecule has 2 rings (SSSR count). The number of hydrogen-bond acceptors (Lipinski definition) is 3. The van der Waals surface area contributed by atoms with Crippen LogP contribution in [0.1, 0.15) is 18.4 Å². The summed E-state index contributed by atoms with van der Waals surface area (Å²) in [6, 6.07) is 7.45. The Kier molecular flexibility index (Phi) is 5.38. The summed E-state index contributed by atoms with van der Waals surface area (Å²) in [6.07, 6.45) is 2.40. The molecule has 0 bridgehead atoms. The summed E-state index contributed by atoms with van der Waals surface area (Å²) in [7, 11) is 2.13. The highest BCUT2D eigenvalue weighted by atomic mass is 16.2. The Morgan fingerprint density at radius 3 is 2.80 bits per heavy atom. The first-order valence-electron chi connectivity index (χ1n) is 7.20. The summed E-state index contributed by atoms with van der Waals surface area (Å²) in [5.74, 6) is 0.555. The lowest BCUT2D eigenvalue weighted by Gasteiger charge is -2.29. The van der Waals surface area contributed by atoms with Gasteiger partial charge in [-0.15, -0.1) is 0 Å². The summed E-state index contributed by atoms with van der Waals surface area (Å²) in [5, 5.41) is 5.79. The lowest BCUT2D eigenvalue weighted by molar-refractivity contribution is 0.204. The van der Waals surface area contributed by atoms with E-state index in [4.69, 9.17) is 5.73 Å². The average Bonchev–Trinajstić information content (AvgIpc) is 2.46. The van der Waals surface area contributed by atoms with Gasteiger partial charge in [-0.25, -0.2) is 4.79 Å². The van der Waals surface area contributed by atoms with Gasteiger partial charge in [-0.3, -0.25) is 0 Å². The van der Waals surface area contributed by atoms with E-state index >= 15 is 0 Å². The maximum atomic E-state index is 11.8. The molecule has 2 amide bonds. The van der Waals surface area contributed by atoms with E-state index in [2.05, 4.69) is 22.6 Å². The predicted octanol–water partition coefficient (Wildman–Crippen LogP) is 1.61. The van der Waals surface area contributed by atoms with E-state index in [0.717, 1.165) is 30.9 Å². The molecule has 1 fully saturated rings. The van der Waals surface area contributed by atoms with Gasteiger partial charge < -0.3 is 21.3 Å². The molecular formula is C15H24N4O. The van der Waals surface area contributed by atoms with E-state index in [-0.39, 0.29) is 6.03 Å². The van der Waals surface area contributed by atoms with Crippen LogP contribution in [0.3, 0.4) is 0 Å². The number of likely N-dealkylation sites (tertiary alicyclic amines) is 1. The van der Waals surface area contributed by atoms with Crippen LogP contribution in [0.4, 0.5) is 10.5 Å². The average molecular weight is 276 g/mol. The number of urea groups is 1. The summed E-state index contributed by atoms with van der Waals surface area (Å²) in [5.41, 5.74) is 7.39. The fourth-order valence-electron chi connectivity index (χ4n) is 2.58. The van der Waals surface area contributed by atoms with Gasteiger partial charge in [0.2, 0.25) is 0 Å². The second kappa shape index (κ2) is 7.26. The van der Waals surface area contributed by atoms with Gasteiger partial charge in [0.1, 0.15) is 0 Å². The first kappa shape index (κ1) is 14.8. The maximum absolute atomic E-state index is 11.8. The molecule has 0 radical (unpaired) electrons. The quantitative estimate of drug-likeness (QED) is 0.782. The molecule has 1 aromatic rings. The van der Waals surface area contributed by atoms with Crippen LogP contribution in [0.2, 0.25) is 0 Å². The van der Waals surface area contributed by atoms with Gasteiger partial charge in [0.05, 0.1) is 0 Å². The number of benzene rings is 1. The monoisotopic (exact) mass is 276 g/mol. The molecule has 5 nitrogen and oxygen atoms in total. The fraction of sp³-hybridized carbons (Fsp3) is 0.533. The molecular weight excluding hydrogens is 252 g/mol. The summed E-state index contributed by atoms with van der Waals surface area (Å²) >= 11 is 0. The Hall–Kier alpha value is -1.59. The van der Waals surface area contributed by atoms with Gasteiger partial charge in [0.15, 0.2) is 0 Å². The van der Waals surface area contributed by atoms with Crippen molar-refractivity contribution in [3.8, 4) is 0 Å². The molecule has 20 heavy (non-hydrogen) atoms. The molecule has 4 N–H and O–H groups in total. The predicted molar refractivity (Wildman–Crippen MR) is 81.6 cm³/mol. The minimum atomic E-state index is -0.140. The third kappa shape index (κ3) is 4.51. The third-order valence-electron chi connectivity index (χ3n) is 3.72. The van der Waals surface area contributed by atoms with E-state index in [1.54, 1.807) is 0 Å². The van der Waals surface area contributed by atoms with Crippen LogP contribution in [0.25, 0.3) is 0 Å². The van der Waals surface area contributed by atoms with Crippen LogP contribution in [0.15, 0.2) is 24.3 Å². The summed E-state index contributed by atoms with van der Waals surface area (Å²) in [4.78, 5) is 14.1. The third-order valence-corrected chi connectivity index (χ3v) is 3.72. The van der Waals surface area contributed by atoms with E-state index in [9.17, 15) is 4.79 Å². The minimum absolute atomic E-state index is 0.140. The van der Waals surface area contributed by atoms with Gasteiger partial charge in [0.25, 0.3) is 0 Å². The molecule has 1 heterocycles. The van der Waals surface area contributed by atoms with Crippen molar-refractivity contribution >= 4 is 11.7 Å². The van der Waals surface area contributed by atoms with Gasteiger partial charge in [-0.1, -0.05) is 12.1 Å². The van der Waals surface area contributed by atoms with Crippen LogP contribution in [0.5, 0.6) is 0 Å². The number of nitrogens with two attached hydrogens (primary N) is 1. The second-order valence-corrected chi connectivity index (χ2v) is 5.51. The molecule has 0 aromatic heterocycles. The maximum Gasteiger partial charge on any atom is 0.319 e. The molecule has 0 saturated carbocycles. The first-order valence-corrected chi connectivity index (χ1v) is 7.20. The number of nitrogens with one attached hydrogen (secondary N) is 2. The smallest absolute Gasteiger partial charge is 0.319 e. The highest BCUT2D eigenvalue weighted by Crippen LogP contribution is 2.14. The van der Waals surface area contributed by atoms with Gasteiger partial charge in [-0.05, 0) is 50.0 Å². The zero-order valence-electron chi connectivity index (χ0n) is 12.1. The summed E-state index contributed by atoms with van der Waals surface area (Å²) in [6.45, 7) is 3.47. The number of carbonyl (C=O) groups excluding carboxylic acids is 1. The number of anilines is 1. The number of carbonyl (C=O) groups is 1. The molecule has 0 spiro atoms. The zero-order valence-corrected chi connectivity index (χ0v) is 12.1. The van der Waals surface area contributed by atoms with Crippen molar-refractivity contribution in [3.05, 3.63) is 29.8 Å². The standard InChI is InChI=1S/C15H24N4O/c1-19-8-2-3-13(11-19)10-17-15(20)18-14-6-4-12(9-16)5-7-14/h4-7,13H,2-3,8-11,16H2,1H3,(H2,17,18,20). The molecule has 0 aliphatic carbocycles. The highest BCUT2D eigenvalue weighted by molar-refractivity contribution is 5.89. The van der Waals surface area contributed by atoms with Crippen LogP contribution < -0.4 is 16.4 Å². The van der Waals surface area contributed by atoms with Crippen LogP contribution in [0, 0.1) is 5.92 Å². The molecule has 1 saturated heterocycles. The number of nitrogens with zero attached hydrogens (tertiary/aromatic N) is 1. The topological polar surface area (TPSA) is 70.4 Å². The van der Waals surface area contributed by atoms with Gasteiger partial charge in [0, 0.05) is 25.3 Å². The van der Waals surface area contributed by atoms with E-state index < -0.39 is 0 Å². The Bertz CT molecular complexity index is 432. The molecule has 5 heteroatoms.